The number of ether oxygens (including phenoxy) is 1. The fourth-order valence-electron chi connectivity index (χ4n) is 2.58. The van der Waals surface area contributed by atoms with E-state index in [4.69, 9.17) is 9.15 Å². The predicted molar refractivity (Wildman–Crippen MR) is 103 cm³/mol. The first kappa shape index (κ1) is 17.2. The number of hydrogen-bond acceptors (Lipinski definition) is 7. The Morgan fingerprint density at radius 3 is 2.77 bits per heavy atom. The molecule has 1 aromatic carbocycles. The van der Waals surface area contributed by atoms with Crippen LogP contribution in [0.1, 0.15) is 0 Å². The zero-order chi connectivity index (χ0) is 17.9. The highest BCUT2D eigenvalue weighted by atomic mass is 127. The number of rotatable bonds is 4. The standard InChI is InChI=1S/C17H15FIN5O2/c18-13-10-12(19)1-2-14(13)21-15-9-11(3-4-20-15)16-22-23-17(26-16)24-5-7-25-8-6-24/h1-4,9-10H,5-8H2,(H,20,21). The molecule has 1 aliphatic heterocycles. The van der Waals surface area contributed by atoms with Gasteiger partial charge in [0.15, 0.2) is 0 Å². The van der Waals surface area contributed by atoms with Crippen molar-refractivity contribution in [2.24, 2.45) is 0 Å². The van der Waals surface area contributed by atoms with E-state index in [0.29, 0.717) is 42.2 Å². The minimum absolute atomic E-state index is 0.337. The number of aromatic nitrogens is 3. The van der Waals surface area contributed by atoms with Crippen molar-refractivity contribution >= 4 is 40.1 Å². The number of halogens is 2. The maximum atomic E-state index is 14.0. The molecule has 0 aliphatic carbocycles. The summed E-state index contributed by atoms with van der Waals surface area (Å²) in [6.45, 7) is 2.72. The third-order valence-corrected chi connectivity index (χ3v) is 4.57. The van der Waals surface area contributed by atoms with Gasteiger partial charge in [-0.2, -0.15) is 0 Å². The molecule has 3 aromatic rings. The van der Waals surface area contributed by atoms with Gasteiger partial charge in [0.2, 0.25) is 5.89 Å². The van der Waals surface area contributed by atoms with Crippen LogP contribution in [0.4, 0.5) is 21.9 Å². The molecular weight excluding hydrogens is 452 g/mol. The second kappa shape index (κ2) is 7.54. The van der Waals surface area contributed by atoms with E-state index in [9.17, 15) is 4.39 Å². The number of nitrogens with zero attached hydrogens (tertiary/aromatic N) is 4. The van der Waals surface area contributed by atoms with Gasteiger partial charge in [0.25, 0.3) is 0 Å². The zero-order valence-corrected chi connectivity index (χ0v) is 15.8. The average molecular weight is 467 g/mol. The van der Waals surface area contributed by atoms with Crippen LogP contribution in [0, 0.1) is 9.39 Å². The van der Waals surface area contributed by atoms with Gasteiger partial charge in [-0.1, -0.05) is 5.10 Å². The summed E-state index contributed by atoms with van der Waals surface area (Å²) >= 11 is 2.06. The molecule has 0 unspecified atom stereocenters. The lowest BCUT2D eigenvalue weighted by Gasteiger charge is -2.24. The van der Waals surface area contributed by atoms with Crippen molar-refractivity contribution in [3.63, 3.8) is 0 Å². The molecule has 9 heteroatoms. The van der Waals surface area contributed by atoms with Gasteiger partial charge in [-0.15, -0.1) is 5.10 Å². The topological polar surface area (TPSA) is 76.3 Å². The lowest BCUT2D eigenvalue weighted by molar-refractivity contribution is 0.120. The first-order valence-corrected chi connectivity index (χ1v) is 9.11. The number of benzene rings is 1. The van der Waals surface area contributed by atoms with Crippen molar-refractivity contribution in [1.82, 2.24) is 15.2 Å². The van der Waals surface area contributed by atoms with E-state index in [1.165, 1.54) is 6.07 Å². The Labute approximate surface area is 162 Å². The van der Waals surface area contributed by atoms with Crippen molar-refractivity contribution in [3.05, 3.63) is 45.9 Å². The van der Waals surface area contributed by atoms with E-state index < -0.39 is 0 Å². The summed E-state index contributed by atoms with van der Waals surface area (Å²) in [6, 6.07) is 8.94. The third kappa shape index (κ3) is 3.78. The zero-order valence-electron chi connectivity index (χ0n) is 13.7. The molecule has 1 N–H and O–H groups in total. The molecule has 0 spiro atoms. The van der Waals surface area contributed by atoms with E-state index in [2.05, 4.69) is 43.1 Å². The molecule has 0 atom stereocenters. The molecule has 26 heavy (non-hydrogen) atoms. The molecule has 3 heterocycles. The van der Waals surface area contributed by atoms with Gasteiger partial charge in [-0.25, -0.2) is 9.37 Å². The van der Waals surface area contributed by atoms with Crippen molar-refractivity contribution in [2.75, 3.05) is 36.5 Å². The number of anilines is 3. The van der Waals surface area contributed by atoms with Crippen molar-refractivity contribution < 1.29 is 13.5 Å². The van der Waals surface area contributed by atoms with Crippen molar-refractivity contribution in [2.45, 2.75) is 0 Å². The Balaban J connectivity index is 1.55. The summed E-state index contributed by atoms with van der Waals surface area (Å²) in [5, 5.41) is 11.2. The maximum Gasteiger partial charge on any atom is 0.318 e. The number of pyridine rings is 1. The lowest BCUT2D eigenvalue weighted by atomic mass is 10.2. The van der Waals surface area contributed by atoms with Crippen LogP contribution in [-0.2, 0) is 4.74 Å². The van der Waals surface area contributed by atoms with Gasteiger partial charge in [0, 0.05) is 28.4 Å². The summed E-state index contributed by atoms with van der Waals surface area (Å²) in [5.41, 5.74) is 1.06. The maximum absolute atomic E-state index is 14.0. The first-order chi connectivity index (χ1) is 12.7. The summed E-state index contributed by atoms with van der Waals surface area (Å²) in [5.74, 6) is 0.547. The summed E-state index contributed by atoms with van der Waals surface area (Å²) < 4.78 is 25.9. The minimum atomic E-state index is -0.337. The van der Waals surface area contributed by atoms with Gasteiger partial charge in [0.05, 0.1) is 18.9 Å². The number of nitrogens with one attached hydrogen (secondary N) is 1. The van der Waals surface area contributed by atoms with E-state index in [1.807, 2.05) is 11.0 Å². The summed E-state index contributed by atoms with van der Waals surface area (Å²) in [4.78, 5) is 6.21. The highest BCUT2D eigenvalue weighted by molar-refractivity contribution is 14.1. The average Bonchev–Trinajstić information content (AvgIpc) is 3.15. The number of morpholine rings is 1. The van der Waals surface area contributed by atoms with Crippen LogP contribution >= 0.6 is 22.6 Å². The second-order valence-corrected chi connectivity index (χ2v) is 6.91. The summed E-state index contributed by atoms with van der Waals surface area (Å²) in [7, 11) is 0. The molecule has 4 rings (SSSR count). The molecule has 7 nitrogen and oxygen atoms in total. The molecule has 0 radical (unpaired) electrons. The van der Waals surface area contributed by atoms with Gasteiger partial charge in [-0.05, 0) is 52.9 Å². The van der Waals surface area contributed by atoms with Gasteiger partial charge in [0.1, 0.15) is 11.6 Å². The van der Waals surface area contributed by atoms with Crippen LogP contribution in [0.5, 0.6) is 0 Å². The van der Waals surface area contributed by atoms with Crippen molar-refractivity contribution in [1.29, 1.82) is 0 Å². The van der Waals surface area contributed by atoms with Gasteiger partial charge >= 0.3 is 6.01 Å². The van der Waals surface area contributed by atoms with Crippen molar-refractivity contribution in [3.8, 4) is 11.5 Å². The number of hydrogen-bond donors (Lipinski definition) is 1. The third-order valence-electron chi connectivity index (χ3n) is 3.90. The van der Waals surface area contributed by atoms with Gasteiger partial charge < -0.3 is 19.4 Å². The Morgan fingerprint density at radius 2 is 1.96 bits per heavy atom. The van der Waals surface area contributed by atoms with Crippen LogP contribution in [0.3, 0.4) is 0 Å². The van der Waals surface area contributed by atoms with Crippen LogP contribution in [0.15, 0.2) is 40.9 Å². The molecule has 1 fully saturated rings. The quantitative estimate of drug-likeness (QED) is 0.590. The Morgan fingerprint density at radius 1 is 1.12 bits per heavy atom. The highest BCUT2D eigenvalue weighted by Crippen LogP contribution is 2.26. The monoisotopic (exact) mass is 467 g/mol. The Bertz CT molecular complexity index is 914. The first-order valence-electron chi connectivity index (χ1n) is 8.04. The van der Waals surface area contributed by atoms with Crippen LogP contribution in [-0.4, -0.2) is 41.5 Å². The second-order valence-electron chi connectivity index (χ2n) is 5.67. The molecule has 2 aromatic heterocycles. The molecular formula is C17H15FIN5O2. The van der Waals surface area contributed by atoms with Gasteiger partial charge in [-0.3, -0.25) is 0 Å². The molecule has 1 saturated heterocycles. The minimum Gasteiger partial charge on any atom is -0.403 e. The largest absolute Gasteiger partial charge is 0.403 e. The van der Waals surface area contributed by atoms with E-state index in [-0.39, 0.29) is 5.82 Å². The molecule has 0 saturated carbocycles. The fourth-order valence-corrected chi connectivity index (χ4v) is 3.03. The fraction of sp³-hybridized carbons (Fsp3) is 0.235. The Kier molecular flexibility index (Phi) is 4.98. The normalized spacial score (nSPS) is 14.5. The molecule has 134 valence electrons. The lowest BCUT2D eigenvalue weighted by Crippen LogP contribution is -2.36. The van der Waals surface area contributed by atoms with E-state index >= 15 is 0 Å². The molecule has 0 amide bonds. The molecule has 1 aliphatic rings. The van der Waals surface area contributed by atoms with E-state index in [1.54, 1.807) is 24.4 Å². The van der Waals surface area contributed by atoms with E-state index in [0.717, 1.165) is 16.7 Å². The van der Waals surface area contributed by atoms with Crippen LogP contribution in [0.25, 0.3) is 11.5 Å². The Hall–Kier alpha value is -2.27. The summed E-state index contributed by atoms with van der Waals surface area (Å²) in [6.07, 6.45) is 1.61. The SMILES string of the molecule is Fc1cc(I)ccc1Nc1cc(-c2nnc(N3CCOCC3)o2)ccn1. The highest BCUT2D eigenvalue weighted by Gasteiger charge is 2.18. The van der Waals surface area contributed by atoms with Crippen LogP contribution < -0.4 is 10.2 Å². The smallest absolute Gasteiger partial charge is 0.318 e. The predicted octanol–water partition coefficient (Wildman–Crippen LogP) is 3.46. The van der Waals surface area contributed by atoms with Crippen LogP contribution in [0.2, 0.25) is 0 Å². The molecule has 0 bridgehead atoms.